The summed E-state index contributed by atoms with van der Waals surface area (Å²) in [4.78, 5) is 22.7. The Morgan fingerprint density at radius 1 is 1.17 bits per heavy atom. The number of hydrogen-bond acceptors (Lipinski definition) is 4. The van der Waals surface area contributed by atoms with Gasteiger partial charge in [-0.2, -0.15) is 0 Å². The topological polar surface area (TPSA) is 58.2 Å². The van der Waals surface area contributed by atoms with E-state index in [1.54, 1.807) is 24.3 Å². The second kappa shape index (κ2) is 5.49. The van der Waals surface area contributed by atoms with Crippen LogP contribution >= 0.6 is 0 Å². The Bertz CT molecular complexity index is 489. The lowest BCUT2D eigenvalue weighted by atomic mass is 10.0. The highest BCUT2D eigenvalue weighted by molar-refractivity contribution is 5.96. The Balaban J connectivity index is 1.96. The zero-order chi connectivity index (χ0) is 13.0. The molecule has 2 rings (SSSR count). The van der Waals surface area contributed by atoms with Gasteiger partial charge in [-0.05, 0) is 44.0 Å². The van der Waals surface area contributed by atoms with Crippen LogP contribution in [0.25, 0.3) is 0 Å². The van der Waals surface area contributed by atoms with Gasteiger partial charge in [-0.15, -0.1) is 0 Å². The number of carbonyl (C=O) groups is 2. The monoisotopic (exact) mass is 244 g/mol. The second-order valence-electron chi connectivity index (χ2n) is 4.32. The number of carbonyl (C=O) groups excluding carboxylic acids is 2. The van der Waals surface area contributed by atoms with Gasteiger partial charge in [0.25, 0.3) is 0 Å². The van der Waals surface area contributed by atoms with Crippen molar-refractivity contribution in [2.75, 3.05) is 5.43 Å². The molecule has 0 aliphatic heterocycles. The Morgan fingerprint density at radius 3 is 2.50 bits per heavy atom. The fraction of sp³-hybridized carbons (Fsp3) is 0.286. The molecule has 4 heteroatoms. The van der Waals surface area contributed by atoms with Gasteiger partial charge in [0.15, 0.2) is 11.6 Å². The summed E-state index contributed by atoms with van der Waals surface area (Å²) in [6, 6.07) is 7.11. The van der Waals surface area contributed by atoms with E-state index in [-0.39, 0.29) is 11.6 Å². The lowest BCUT2D eigenvalue weighted by Gasteiger charge is -2.15. The van der Waals surface area contributed by atoms with Gasteiger partial charge in [0.2, 0.25) is 0 Å². The van der Waals surface area contributed by atoms with Crippen LogP contribution < -0.4 is 10.9 Å². The summed E-state index contributed by atoms with van der Waals surface area (Å²) in [5.74, 6) is 0.175. The summed E-state index contributed by atoms with van der Waals surface area (Å²) in [5.41, 5.74) is 7.99. The molecule has 0 amide bonds. The molecule has 0 unspecified atom stereocenters. The van der Waals surface area contributed by atoms with Crippen LogP contribution in [0.5, 0.6) is 0 Å². The first-order chi connectivity index (χ1) is 8.66. The average molecular weight is 244 g/mol. The molecule has 18 heavy (non-hydrogen) atoms. The van der Waals surface area contributed by atoms with Crippen molar-refractivity contribution in [3.63, 3.8) is 0 Å². The molecule has 2 N–H and O–H groups in total. The minimum absolute atomic E-state index is 0.0414. The van der Waals surface area contributed by atoms with Gasteiger partial charge in [-0.3, -0.25) is 15.0 Å². The fourth-order valence-electron chi connectivity index (χ4n) is 1.81. The molecule has 0 saturated heterocycles. The number of ketones is 2. The highest BCUT2D eigenvalue weighted by Crippen LogP contribution is 2.13. The Morgan fingerprint density at radius 2 is 1.89 bits per heavy atom. The molecule has 1 aliphatic rings. The number of allylic oxidation sites excluding steroid dienone is 2. The van der Waals surface area contributed by atoms with Crippen molar-refractivity contribution in [3.05, 3.63) is 41.6 Å². The van der Waals surface area contributed by atoms with E-state index in [9.17, 15) is 9.59 Å². The van der Waals surface area contributed by atoms with Crippen LogP contribution in [0.4, 0.5) is 5.69 Å². The van der Waals surface area contributed by atoms with Crippen LogP contribution in [-0.4, -0.2) is 11.6 Å². The van der Waals surface area contributed by atoms with Crippen molar-refractivity contribution in [2.24, 2.45) is 0 Å². The van der Waals surface area contributed by atoms with Gasteiger partial charge < -0.3 is 5.43 Å². The van der Waals surface area contributed by atoms with Gasteiger partial charge in [0.1, 0.15) is 0 Å². The van der Waals surface area contributed by atoms with Crippen molar-refractivity contribution < 1.29 is 9.59 Å². The maximum Gasteiger partial charge on any atom is 0.180 e. The number of benzene rings is 1. The normalized spacial score (nSPS) is 14.9. The number of hydrazine groups is 1. The third kappa shape index (κ3) is 2.97. The molecule has 1 aliphatic carbocycles. The molecule has 94 valence electrons. The van der Waals surface area contributed by atoms with Gasteiger partial charge in [0.05, 0.1) is 11.4 Å². The minimum atomic E-state index is 0.0414. The lowest BCUT2D eigenvalue weighted by Crippen LogP contribution is -2.27. The van der Waals surface area contributed by atoms with Crippen molar-refractivity contribution in [2.45, 2.75) is 26.2 Å². The summed E-state index contributed by atoms with van der Waals surface area (Å²) in [6.45, 7) is 1.53. The standard InChI is InChI=1S/C14H16N2O2/c1-10(17)11-6-8-12(9-7-11)15-16-13-4-2-3-5-14(13)18/h4,6-9,15-16H,2-3,5H2,1H3. The van der Waals surface area contributed by atoms with E-state index < -0.39 is 0 Å². The molecule has 0 fully saturated rings. The van der Waals surface area contributed by atoms with Crippen LogP contribution in [0.2, 0.25) is 0 Å². The molecular formula is C14H16N2O2. The Labute approximate surface area is 106 Å². The maximum absolute atomic E-state index is 11.5. The van der Waals surface area contributed by atoms with Crippen LogP contribution in [0.1, 0.15) is 36.5 Å². The summed E-state index contributed by atoms with van der Waals surface area (Å²) in [5, 5.41) is 0. The lowest BCUT2D eigenvalue weighted by molar-refractivity contribution is -0.116. The Kier molecular flexibility index (Phi) is 3.77. The highest BCUT2D eigenvalue weighted by atomic mass is 16.1. The van der Waals surface area contributed by atoms with Crippen molar-refractivity contribution >= 4 is 17.3 Å². The second-order valence-corrected chi connectivity index (χ2v) is 4.32. The van der Waals surface area contributed by atoms with Crippen molar-refractivity contribution in [1.29, 1.82) is 0 Å². The minimum Gasteiger partial charge on any atom is -0.301 e. The van der Waals surface area contributed by atoms with Crippen LogP contribution in [0.15, 0.2) is 36.0 Å². The predicted octanol–water partition coefficient (Wildman–Crippen LogP) is 2.44. The van der Waals surface area contributed by atoms with Crippen molar-refractivity contribution in [3.8, 4) is 0 Å². The average Bonchev–Trinajstić information content (AvgIpc) is 2.38. The summed E-state index contributed by atoms with van der Waals surface area (Å²) < 4.78 is 0. The molecule has 0 saturated carbocycles. The van der Waals surface area contributed by atoms with Gasteiger partial charge in [0, 0.05) is 12.0 Å². The SMILES string of the molecule is CC(=O)c1ccc(NNC2=CCCCC2=O)cc1. The predicted molar refractivity (Wildman–Crippen MR) is 70.1 cm³/mol. The first kappa shape index (κ1) is 12.4. The number of hydrogen-bond donors (Lipinski definition) is 2. The third-order valence-corrected chi connectivity index (χ3v) is 2.89. The number of nitrogens with one attached hydrogen (secondary N) is 2. The van der Waals surface area contributed by atoms with Crippen LogP contribution in [-0.2, 0) is 4.79 Å². The molecule has 0 heterocycles. The maximum atomic E-state index is 11.5. The van der Waals surface area contributed by atoms with E-state index in [4.69, 9.17) is 0 Å². The first-order valence-corrected chi connectivity index (χ1v) is 6.03. The summed E-state index contributed by atoms with van der Waals surface area (Å²) in [7, 11) is 0. The van der Waals surface area contributed by atoms with E-state index in [1.165, 1.54) is 6.92 Å². The quantitative estimate of drug-likeness (QED) is 0.631. The van der Waals surface area contributed by atoms with E-state index in [0.717, 1.165) is 18.5 Å². The molecule has 1 aromatic rings. The third-order valence-electron chi connectivity index (χ3n) is 2.89. The Hall–Kier alpha value is -2.10. The molecule has 0 radical (unpaired) electrons. The van der Waals surface area contributed by atoms with E-state index >= 15 is 0 Å². The van der Waals surface area contributed by atoms with Gasteiger partial charge in [-0.1, -0.05) is 6.08 Å². The molecular weight excluding hydrogens is 228 g/mol. The molecule has 0 spiro atoms. The molecule has 0 atom stereocenters. The number of Topliss-reactive ketones (excluding diaryl/α,β-unsaturated/α-hetero) is 2. The van der Waals surface area contributed by atoms with E-state index in [0.29, 0.717) is 17.7 Å². The van der Waals surface area contributed by atoms with E-state index in [2.05, 4.69) is 10.9 Å². The van der Waals surface area contributed by atoms with Crippen molar-refractivity contribution in [1.82, 2.24) is 5.43 Å². The van der Waals surface area contributed by atoms with E-state index in [1.807, 2.05) is 6.08 Å². The largest absolute Gasteiger partial charge is 0.301 e. The molecule has 4 nitrogen and oxygen atoms in total. The van der Waals surface area contributed by atoms with Crippen LogP contribution in [0, 0.1) is 0 Å². The zero-order valence-corrected chi connectivity index (χ0v) is 10.3. The van der Waals surface area contributed by atoms with Gasteiger partial charge in [-0.25, -0.2) is 0 Å². The summed E-state index contributed by atoms with van der Waals surface area (Å²) >= 11 is 0. The van der Waals surface area contributed by atoms with Crippen LogP contribution in [0.3, 0.4) is 0 Å². The smallest absolute Gasteiger partial charge is 0.180 e. The zero-order valence-electron chi connectivity index (χ0n) is 10.3. The first-order valence-electron chi connectivity index (χ1n) is 6.03. The highest BCUT2D eigenvalue weighted by Gasteiger charge is 2.12. The molecule has 0 aromatic heterocycles. The molecule has 0 bridgehead atoms. The molecule has 1 aromatic carbocycles. The fourth-order valence-corrected chi connectivity index (χ4v) is 1.81. The van der Waals surface area contributed by atoms with Gasteiger partial charge >= 0.3 is 0 Å². The number of rotatable bonds is 4. The summed E-state index contributed by atoms with van der Waals surface area (Å²) in [6.07, 6.45) is 4.36. The number of anilines is 1.